The zero-order chi connectivity index (χ0) is 23.2. The van der Waals surface area contributed by atoms with Crippen molar-refractivity contribution in [1.82, 2.24) is 4.98 Å². The van der Waals surface area contributed by atoms with Crippen LogP contribution in [-0.4, -0.2) is 4.98 Å². The standard InChI is InChI=1S/C31H25NO2/c1-30(2)27-21(13-14-24-26(27)19-10-6-8-12-23(19)34-24)29-28(31(30,3)4)20(15-16-32-29)25-17-18-9-5-7-11-22(18)33-25/h5-17H,1-4H3. The summed E-state index contributed by atoms with van der Waals surface area (Å²) in [5.74, 6) is 0.891. The van der Waals surface area contributed by atoms with Gasteiger partial charge in [0.2, 0.25) is 0 Å². The first-order valence-corrected chi connectivity index (χ1v) is 11.8. The maximum absolute atomic E-state index is 6.34. The lowest BCUT2D eigenvalue weighted by molar-refractivity contribution is 0.301. The number of pyridine rings is 1. The van der Waals surface area contributed by atoms with Gasteiger partial charge in [0.25, 0.3) is 0 Å². The number of fused-ring (bicyclic) bond motifs is 8. The van der Waals surface area contributed by atoms with Crippen molar-refractivity contribution < 1.29 is 8.83 Å². The number of benzene rings is 3. The molecule has 0 unspecified atom stereocenters. The molecule has 0 bridgehead atoms. The van der Waals surface area contributed by atoms with Gasteiger partial charge in [-0.3, -0.25) is 4.98 Å². The number of nitrogens with zero attached hydrogens (tertiary/aromatic N) is 1. The Morgan fingerprint density at radius 2 is 1.38 bits per heavy atom. The molecule has 3 nitrogen and oxygen atoms in total. The summed E-state index contributed by atoms with van der Waals surface area (Å²) in [4.78, 5) is 4.96. The van der Waals surface area contributed by atoms with Gasteiger partial charge in [-0.15, -0.1) is 0 Å². The topological polar surface area (TPSA) is 39.2 Å². The molecule has 1 aliphatic carbocycles. The lowest BCUT2D eigenvalue weighted by atomic mass is 9.55. The molecular formula is C31H25NO2. The van der Waals surface area contributed by atoms with E-state index >= 15 is 0 Å². The molecule has 0 aliphatic heterocycles. The first kappa shape index (κ1) is 19.6. The van der Waals surface area contributed by atoms with Crippen molar-refractivity contribution >= 4 is 32.9 Å². The molecule has 0 saturated heterocycles. The summed E-state index contributed by atoms with van der Waals surface area (Å²) < 4.78 is 12.6. The Hall–Kier alpha value is -3.85. The quantitative estimate of drug-likeness (QED) is 0.255. The highest BCUT2D eigenvalue weighted by molar-refractivity contribution is 6.10. The van der Waals surface area contributed by atoms with E-state index in [1.54, 1.807) is 0 Å². The van der Waals surface area contributed by atoms with Crippen LogP contribution in [0.4, 0.5) is 0 Å². The summed E-state index contributed by atoms with van der Waals surface area (Å²) in [6.07, 6.45) is 1.91. The van der Waals surface area contributed by atoms with Crippen LogP contribution in [0.1, 0.15) is 38.8 Å². The van der Waals surface area contributed by atoms with E-state index in [0.717, 1.165) is 44.5 Å². The zero-order valence-electron chi connectivity index (χ0n) is 19.8. The molecule has 166 valence electrons. The molecule has 3 aromatic carbocycles. The third kappa shape index (κ3) is 2.34. The SMILES string of the molecule is CC1(C)c2c(-c3cc4ccccc4o3)ccnc2-c2ccc3oc4ccccc4c3c2C1(C)C. The molecule has 34 heavy (non-hydrogen) atoms. The molecule has 7 rings (SSSR count). The predicted molar refractivity (Wildman–Crippen MR) is 138 cm³/mol. The molecule has 3 heterocycles. The zero-order valence-corrected chi connectivity index (χ0v) is 19.8. The van der Waals surface area contributed by atoms with Crippen molar-refractivity contribution in [3.05, 3.63) is 90.1 Å². The largest absolute Gasteiger partial charge is 0.456 e. The van der Waals surface area contributed by atoms with Gasteiger partial charge in [0, 0.05) is 44.3 Å². The van der Waals surface area contributed by atoms with E-state index in [1.807, 2.05) is 30.5 Å². The van der Waals surface area contributed by atoms with Crippen molar-refractivity contribution in [3.8, 4) is 22.6 Å². The summed E-state index contributed by atoms with van der Waals surface area (Å²) in [7, 11) is 0. The minimum atomic E-state index is -0.218. The highest BCUT2D eigenvalue weighted by Crippen LogP contribution is 2.58. The number of furan rings is 2. The van der Waals surface area contributed by atoms with Gasteiger partial charge in [-0.1, -0.05) is 64.1 Å². The first-order valence-electron chi connectivity index (χ1n) is 11.8. The van der Waals surface area contributed by atoms with Crippen molar-refractivity contribution in [2.75, 3.05) is 0 Å². The highest BCUT2D eigenvalue weighted by atomic mass is 16.3. The molecule has 0 atom stereocenters. The average molecular weight is 444 g/mol. The Morgan fingerprint density at radius 3 is 2.21 bits per heavy atom. The number of aromatic nitrogens is 1. The second kappa shape index (κ2) is 6.38. The Bertz CT molecular complexity index is 1730. The van der Waals surface area contributed by atoms with Crippen LogP contribution in [0.15, 0.2) is 87.8 Å². The van der Waals surface area contributed by atoms with Crippen LogP contribution < -0.4 is 0 Å². The number of para-hydroxylation sites is 2. The Kier molecular flexibility index (Phi) is 3.68. The van der Waals surface area contributed by atoms with Crippen LogP contribution in [0.25, 0.3) is 55.5 Å². The molecular weight excluding hydrogens is 418 g/mol. The van der Waals surface area contributed by atoms with Crippen LogP contribution in [0.5, 0.6) is 0 Å². The average Bonchev–Trinajstić information content (AvgIpc) is 3.43. The van der Waals surface area contributed by atoms with E-state index < -0.39 is 0 Å². The normalized spacial score (nSPS) is 16.1. The second-order valence-corrected chi connectivity index (χ2v) is 10.4. The first-order chi connectivity index (χ1) is 16.4. The number of hydrogen-bond donors (Lipinski definition) is 0. The minimum absolute atomic E-state index is 0.189. The van der Waals surface area contributed by atoms with Crippen molar-refractivity contribution in [1.29, 1.82) is 0 Å². The van der Waals surface area contributed by atoms with E-state index in [4.69, 9.17) is 13.8 Å². The molecule has 0 radical (unpaired) electrons. The van der Waals surface area contributed by atoms with Crippen molar-refractivity contribution in [2.24, 2.45) is 0 Å². The van der Waals surface area contributed by atoms with Gasteiger partial charge in [-0.25, -0.2) is 0 Å². The molecule has 0 fully saturated rings. The molecule has 0 saturated carbocycles. The smallest absolute Gasteiger partial charge is 0.135 e. The third-order valence-electron chi connectivity index (χ3n) is 8.25. The Morgan fingerprint density at radius 1 is 0.647 bits per heavy atom. The Labute approximate surface area is 198 Å². The summed E-state index contributed by atoms with van der Waals surface area (Å²) in [5.41, 5.74) is 8.22. The fourth-order valence-corrected chi connectivity index (χ4v) is 5.91. The van der Waals surface area contributed by atoms with Gasteiger partial charge in [-0.05, 0) is 47.5 Å². The lowest BCUT2D eigenvalue weighted by Crippen LogP contribution is -2.44. The fourth-order valence-electron chi connectivity index (χ4n) is 5.91. The van der Waals surface area contributed by atoms with Gasteiger partial charge in [-0.2, -0.15) is 0 Å². The van der Waals surface area contributed by atoms with Crippen LogP contribution in [0, 0.1) is 0 Å². The molecule has 6 aromatic rings. The van der Waals surface area contributed by atoms with Crippen LogP contribution in [0.3, 0.4) is 0 Å². The van der Waals surface area contributed by atoms with Gasteiger partial charge in [0.1, 0.15) is 22.5 Å². The predicted octanol–water partition coefficient (Wildman–Crippen LogP) is 8.63. The van der Waals surface area contributed by atoms with E-state index in [-0.39, 0.29) is 10.8 Å². The molecule has 1 aliphatic rings. The van der Waals surface area contributed by atoms with Crippen molar-refractivity contribution in [3.63, 3.8) is 0 Å². The number of hydrogen-bond acceptors (Lipinski definition) is 3. The lowest BCUT2D eigenvalue weighted by Gasteiger charge is -2.48. The third-order valence-corrected chi connectivity index (χ3v) is 8.25. The van der Waals surface area contributed by atoms with Crippen LogP contribution in [0.2, 0.25) is 0 Å². The highest BCUT2D eigenvalue weighted by Gasteiger charge is 2.49. The maximum Gasteiger partial charge on any atom is 0.135 e. The monoisotopic (exact) mass is 443 g/mol. The molecule has 0 N–H and O–H groups in total. The Balaban J connectivity index is 1.61. The van der Waals surface area contributed by atoms with Crippen molar-refractivity contribution in [2.45, 2.75) is 38.5 Å². The minimum Gasteiger partial charge on any atom is -0.456 e. The van der Waals surface area contributed by atoms with E-state index in [1.165, 1.54) is 22.1 Å². The summed E-state index contributed by atoms with van der Waals surface area (Å²) in [6, 6.07) is 25.1. The molecule has 3 aromatic heterocycles. The molecule has 0 spiro atoms. The van der Waals surface area contributed by atoms with E-state index in [0.29, 0.717) is 0 Å². The van der Waals surface area contributed by atoms with Gasteiger partial charge < -0.3 is 8.83 Å². The molecule has 0 amide bonds. The second-order valence-electron chi connectivity index (χ2n) is 10.4. The summed E-state index contributed by atoms with van der Waals surface area (Å²) in [6.45, 7) is 9.38. The fraction of sp³-hybridized carbons (Fsp3) is 0.194. The van der Waals surface area contributed by atoms with Gasteiger partial charge >= 0.3 is 0 Å². The maximum atomic E-state index is 6.34. The van der Waals surface area contributed by atoms with Gasteiger partial charge in [0.15, 0.2) is 0 Å². The van der Waals surface area contributed by atoms with Crippen LogP contribution in [-0.2, 0) is 10.8 Å². The number of rotatable bonds is 1. The summed E-state index contributed by atoms with van der Waals surface area (Å²) >= 11 is 0. The van der Waals surface area contributed by atoms with E-state index in [2.05, 4.69) is 76.2 Å². The summed E-state index contributed by atoms with van der Waals surface area (Å²) in [5, 5.41) is 3.48. The molecule has 3 heteroatoms. The van der Waals surface area contributed by atoms with E-state index in [9.17, 15) is 0 Å². The van der Waals surface area contributed by atoms with Crippen LogP contribution >= 0.6 is 0 Å². The van der Waals surface area contributed by atoms with Gasteiger partial charge in [0.05, 0.1) is 5.69 Å².